The summed E-state index contributed by atoms with van der Waals surface area (Å²) in [4.78, 5) is 52.3. The molecule has 3 aromatic carbocycles. The van der Waals surface area contributed by atoms with Gasteiger partial charge in [0.2, 0.25) is 0 Å². The topological polar surface area (TPSA) is 105 Å². The van der Waals surface area contributed by atoms with Gasteiger partial charge >= 0.3 is 5.97 Å². The Morgan fingerprint density at radius 2 is 1.68 bits per heavy atom. The van der Waals surface area contributed by atoms with Gasteiger partial charge in [-0.1, -0.05) is 60.8 Å². The van der Waals surface area contributed by atoms with Gasteiger partial charge < -0.3 is 15.4 Å². The number of esters is 1. The molecule has 0 atom stereocenters. The van der Waals surface area contributed by atoms with Crippen LogP contribution in [-0.4, -0.2) is 30.3 Å². The molecule has 1 heterocycles. The predicted molar refractivity (Wildman–Crippen MR) is 146 cm³/mol. The Kier molecular flexibility index (Phi) is 8.23. The molecule has 0 bridgehead atoms. The number of nitrogens with zero attached hydrogens (tertiary/aromatic N) is 1. The lowest BCUT2D eigenvalue weighted by Gasteiger charge is -2.15. The highest BCUT2D eigenvalue weighted by molar-refractivity contribution is 6.53. The number of hydrogen-bond acceptors (Lipinski definition) is 6. The molecular weight excluding hydrogens is 506 g/mol. The maximum Gasteiger partial charge on any atom is 0.340 e. The zero-order chi connectivity index (χ0) is 27.2. The number of rotatable bonds is 9. The number of ether oxygens (including phenoxy) is 1. The SMILES string of the molecule is CCCCOC(=O)c1ccccc1NC(=O)c1cccc(NC2=C(Cl)C(=O)N(c3ccc(C)cc3)C2=O)c1. The van der Waals surface area contributed by atoms with Gasteiger partial charge in [-0.25, -0.2) is 9.69 Å². The Morgan fingerprint density at radius 1 is 0.947 bits per heavy atom. The summed E-state index contributed by atoms with van der Waals surface area (Å²) in [6, 6.07) is 19.9. The molecule has 1 aliphatic rings. The van der Waals surface area contributed by atoms with Gasteiger partial charge in [0, 0.05) is 11.3 Å². The van der Waals surface area contributed by atoms with E-state index in [9.17, 15) is 19.2 Å². The molecule has 0 saturated carbocycles. The number of para-hydroxylation sites is 1. The van der Waals surface area contributed by atoms with Gasteiger partial charge in [-0.2, -0.15) is 0 Å². The summed E-state index contributed by atoms with van der Waals surface area (Å²) in [6.07, 6.45) is 1.64. The molecule has 0 radical (unpaired) electrons. The molecule has 4 rings (SSSR count). The molecule has 0 aliphatic carbocycles. The number of benzene rings is 3. The van der Waals surface area contributed by atoms with Crippen molar-refractivity contribution >= 4 is 52.4 Å². The van der Waals surface area contributed by atoms with Crippen LogP contribution in [0.25, 0.3) is 0 Å². The van der Waals surface area contributed by atoms with E-state index in [0.717, 1.165) is 23.3 Å². The van der Waals surface area contributed by atoms with Crippen LogP contribution in [0.1, 0.15) is 46.0 Å². The summed E-state index contributed by atoms with van der Waals surface area (Å²) in [7, 11) is 0. The van der Waals surface area contributed by atoms with Crippen molar-refractivity contribution in [1.29, 1.82) is 0 Å². The minimum absolute atomic E-state index is 0.0880. The number of anilines is 3. The van der Waals surface area contributed by atoms with Gasteiger partial charge in [0.25, 0.3) is 17.7 Å². The lowest BCUT2D eigenvalue weighted by atomic mass is 10.1. The van der Waals surface area contributed by atoms with Crippen molar-refractivity contribution in [2.24, 2.45) is 0 Å². The molecule has 0 unspecified atom stereocenters. The van der Waals surface area contributed by atoms with Crippen molar-refractivity contribution in [2.75, 3.05) is 22.1 Å². The molecule has 3 amide bonds. The molecule has 9 heteroatoms. The lowest BCUT2D eigenvalue weighted by molar-refractivity contribution is -0.120. The second-order valence-corrected chi connectivity index (χ2v) is 9.04. The van der Waals surface area contributed by atoms with Gasteiger partial charge in [0.1, 0.15) is 10.7 Å². The summed E-state index contributed by atoms with van der Waals surface area (Å²) >= 11 is 6.23. The molecule has 2 N–H and O–H groups in total. The van der Waals surface area contributed by atoms with E-state index in [2.05, 4.69) is 10.6 Å². The van der Waals surface area contributed by atoms with Crippen LogP contribution in [0.3, 0.4) is 0 Å². The van der Waals surface area contributed by atoms with Gasteiger partial charge in [0.05, 0.1) is 23.5 Å². The fourth-order valence-electron chi connectivity index (χ4n) is 3.77. The van der Waals surface area contributed by atoms with E-state index >= 15 is 0 Å². The minimum Gasteiger partial charge on any atom is -0.462 e. The first-order valence-corrected chi connectivity index (χ1v) is 12.5. The average Bonchev–Trinajstić information content (AvgIpc) is 3.12. The smallest absolute Gasteiger partial charge is 0.340 e. The van der Waals surface area contributed by atoms with Crippen molar-refractivity contribution in [3.63, 3.8) is 0 Å². The Balaban J connectivity index is 1.50. The Labute approximate surface area is 225 Å². The Bertz CT molecular complexity index is 1430. The molecule has 0 spiro atoms. The monoisotopic (exact) mass is 531 g/mol. The van der Waals surface area contributed by atoms with Crippen molar-refractivity contribution in [1.82, 2.24) is 0 Å². The summed E-state index contributed by atoms with van der Waals surface area (Å²) in [5.74, 6) is -2.24. The molecule has 0 fully saturated rings. The van der Waals surface area contributed by atoms with Crippen LogP contribution in [0.5, 0.6) is 0 Å². The summed E-state index contributed by atoms with van der Waals surface area (Å²) in [5, 5.41) is 5.37. The highest BCUT2D eigenvalue weighted by atomic mass is 35.5. The number of halogens is 1. The number of aryl methyl sites for hydroxylation is 1. The van der Waals surface area contributed by atoms with E-state index in [1.807, 2.05) is 13.8 Å². The van der Waals surface area contributed by atoms with E-state index in [1.54, 1.807) is 66.7 Å². The van der Waals surface area contributed by atoms with Crippen LogP contribution >= 0.6 is 11.6 Å². The standard InChI is InChI=1S/C29H26ClN3O5/c1-3-4-16-38-29(37)22-10-5-6-11-23(22)32-26(34)19-8-7-9-20(17-19)31-25-24(30)27(35)33(28(25)36)21-14-12-18(2)13-15-21/h5-15,17,31H,3-4,16H2,1-2H3,(H,32,34). The van der Waals surface area contributed by atoms with Gasteiger partial charge in [-0.15, -0.1) is 0 Å². The number of carbonyl (C=O) groups excluding carboxylic acids is 4. The van der Waals surface area contributed by atoms with E-state index in [0.29, 0.717) is 23.7 Å². The Hall–Kier alpha value is -4.43. The summed E-state index contributed by atoms with van der Waals surface area (Å²) < 4.78 is 5.28. The van der Waals surface area contributed by atoms with Crippen molar-refractivity contribution in [3.05, 3.63) is 100 Å². The predicted octanol–water partition coefficient (Wildman–Crippen LogP) is 5.64. The van der Waals surface area contributed by atoms with E-state index in [4.69, 9.17) is 16.3 Å². The maximum absolute atomic E-state index is 13.0. The number of nitrogens with one attached hydrogen (secondary N) is 2. The van der Waals surface area contributed by atoms with E-state index < -0.39 is 23.7 Å². The first kappa shape index (κ1) is 26.6. The zero-order valence-electron chi connectivity index (χ0n) is 20.9. The largest absolute Gasteiger partial charge is 0.462 e. The quantitative estimate of drug-likeness (QED) is 0.210. The minimum atomic E-state index is -0.639. The lowest BCUT2D eigenvalue weighted by Crippen LogP contribution is -2.32. The number of unbranched alkanes of at least 4 members (excludes halogenated alkanes) is 1. The molecule has 1 aliphatic heterocycles. The molecular formula is C29H26ClN3O5. The van der Waals surface area contributed by atoms with Gasteiger partial charge in [0.15, 0.2) is 0 Å². The summed E-state index contributed by atoms with van der Waals surface area (Å²) in [5.41, 5.74) is 2.49. The van der Waals surface area contributed by atoms with Gasteiger partial charge in [-0.05, 0) is 55.8 Å². The maximum atomic E-state index is 13.0. The number of imide groups is 1. The number of hydrogen-bond donors (Lipinski definition) is 2. The van der Waals surface area contributed by atoms with Crippen molar-refractivity contribution < 1.29 is 23.9 Å². The molecule has 0 saturated heterocycles. The molecule has 3 aromatic rings. The third kappa shape index (κ3) is 5.76. The molecule has 194 valence electrons. The van der Waals surface area contributed by atoms with E-state index in [-0.39, 0.29) is 21.9 Å². The van der Waals surface area contributed by atoms with Crippen LogP contribution in [0, 0.1) is 6.92 Å². The second-order valence-electron chi connectivity index (χ2n) is 8.67. The van der Waals surface area contributed by atoms with E-state index in [1.165, 1.54) is 6.07 Å². The summed E-state index contributed by atoms with van der Waals surface area (Å²) in [6.45, 7) is 4.19. The third-order valence-electron chi connectivity index (χ3n) is 5.84. The number of carbonyl (C=O) groups is 4. The van der Waals surface area contributed by atoms with Crippen LogP contribution in [0.2, 0.25) is 0 Å². The second kappa shape index (κ2) is 11.7. The van der Waals surface area contributed by atoms with Crippen molar-refractivity contribution in [3.8, 4) is 0 Å². The number of amides is 3. The fourth-order valence-corrected chi connectivity index (χ4v) is 3.99. The highest BCUT2D eigenvalue weighted by Crippen LogP contribution is 2.30. The van der Waals surface area contributed by atoms with Crippen LogP contribution in [0.15, 0.2) is 83.5 Å². The zero-order valence-corrected chi connectivity index (χ0v) is 21.7. The van der Waals surface area contributed by atoms with Crippen LogP contribution in [-0.2, 0) is 14.3 Å². The third-order valence-corrected chi connectivity index (χ3v) is 6.19. The molecule has 8 nitrogen and oxygen atoms in total. The average molecular weight is 532 g/mol. The normalized spacial score (nSPS) is 13.1. The molecule has 38 heavy (non-hydrogen) atoms. The van der Waals surface area contributed by atoms with Crippen molar-refractivity contribution in [2.45, 2.75) is 26.7 Å². The van der Waals surface area contributed by atoms with Crippen LogP contribution in [0.4, 0.5) is 17.1 Å². The van der Waals surface area contributed by atoms with Crippen LogP contribution < -0.4 is 15.5 Å². The first-order chi connectivity index (χ1) is 18.3. The highest BCUT2D eigenvalue weighted by Gasteiger charge is 2.39. The fraction of sp³-hybridized carbons (Fsp3) is 0.172. The first-order valence-electron chi connectivity index (χ1n) is 12.1. The Morgan fingerprint density at radius 3 is 2.42 bits per heavy atom. The molecule has 0 aromatic heterocycles. The van der Waals surface area contributed by atoms with Gasteiger partial charge in [-0.3, -0.25) is 14.4 Å².